The molecule has 0 aromatic heterocycles. The molecule has 0 aliphatic carbocycles. The number of carbonyl (C=O) groups is 1. The van der Waals surface area contributed by atoms with Gasteiger partial charge in [0.15, 0.2) is 6.29 Å². The summed E-state index contributed by atoms with van der Waals surface area (Å²) >= 11 is 18.3. The number of carbonyl (C=O) groups excluding carboxylic acids is 1. The quantitative estimate of drug-likeness (QED) is 0.617. The molecule has 162 valence electrons. The average molecular weight is 487 g/mol. The van der Waals surface area contributed by atoms with Gasteiger partial charge in [-0.1, -0.05) is 72.1 Å². The number of aliphatic hydroxyl groups is 1. The number of hydrogen-bond donors (Lipinski definition) is 2. The van der Waals surface area contributed by atoms with Crippen LogP contribution < -0.4 is 5.32 Å². The third-order valence-electron chi connectivity index (χ3n) is 4.42. The summed E-state index contributed by atoms with van der Waals surface area (Å²) in [6, 6.07) is 8.62. The molecule has 29 heavy (non-hydrogen) atoms. The third kappa shape index (κ3) is 6.27. The van der Waals surface area contributed by atoms with Crippen molar-refractivity contribution in [3.05, 3.63) is 35.9 Å². The summed E-state index contributed by atoms with van der Waals surface area (Å²) in [7, 11) is 0. The van der Waals surface area contributed by atoms with Crippen molar-refractivity contribution >= 4 is 52.7 Å². The van der Waals surface area contributed by atoms with E-state index in [1.54, 1.807) is 0 Å². The van der Waals surface area contributed by atoms with Crippen molar-refractivity contribution in [2.75, 3.05) is 19.0 Å². The van der Waals surface area contributed by atoms with Gasteiger partial charge in [-0.25, -0.2) is 4.79 Å². The Labute approximate surface area is 188 Å². The first kappa shape index (κ1) is 23.2. The molecule has 0 bridgehead atoms. The maximum atomic E-state index is 12.1. The molecule has 0 radical (unpaired) electrons. The maximum Gasteiger partial charge on any atom is 0.407 e. The van der Waals surface area contributed by atoms with E-state index in [1.165, 1.54) is 11.8 Å². The Balaban J connectivity index is 1.69. The first-order chi connectivity index (χ1) is 13.8. The lowest BCUT2D eigenvalue weighted by molar-refractivity contribution is -0.306. The van der Waals surface area contributed by atoms with Gasteiger partial charge in [0.1, 0.15) is 30.4 Å². The molecular weight excluding hydrogens is 465 g/mol. The van der Waals surface area contributed by atoms with Crippen molar-refractivity contribution in [3.8, 4) is 0 Å². The van der Waals surface area contributed by atoms with Gasteiger partial charge in [-0.15, -0.1) is 11.8 Å². The molecule has 2 saturated heterocycles. The van der Waals surface area contributed by atoms with E-state index in [-0.39, 0.29) is 6.61 Å². The molecule has 7 nitrogen and oxygen atoms in total. The van der Waals surface area contributed by atoms with Gasteiger partial charge in [0, 0.05) is 5.56 Å². The van der Waals surface area contributed by atoms with Crippen molar-refractivity contribution < 1.29 is 28.8 Å². The van der Waals surface area contributed by atoms with Gasteiger partial charge in [0.05, 0.1) is 12.6 Å². The van der Waals surface area contributed by atoms with Crippen LogP contribution in [-0.4, -0.2) is 63.7 Å². The fourth-order valence-corrected chi connectivity index (χ4v) is 4.31. The number of amides is 1. The molecule has 1 aromatic rings. The number of benzene rings is 1. The third-order valence-corrected chi connectivity index (χ3v) is 5.81. The Morgan fingerprint density at radius 3 is 2.69 bits per heavy atom. The summed E-state index contributed by atoms with van der Waals surface area (Å²) in [6.45, 7) is 1.78. The summed E-state index contributed by atoms with van der Waals surface area (Å²) in [5, 5.41) is 13.6. The molecular formula is C18H22Cl3NO6S. The Bertz CT molecular complexity index is 679. The predicted octanol–water partition coefficient (Wildman–Crippen LogP) is 3.40. The normalized spacial score (nSPS) is 32.3. The second-order valence-corrected chi connectivity index (χ2v) is 10.4. The minimum Gasteiger partial charge on any atom is -0.445 e. The number of thioether (sulfide) groups is 1. The molecule has 2 fully saturated rings. The van der Waals surface area contributed by atoms with Crippen LogP contribution in [0, 0.1) is 0 Å². The zero-order chi connectivity index (χ0) is 21.0. The summed E-state index contributed by atoms with van der Waals surface area (Å²) < 4.78 is 21.0. The highest BCUT2D eigenvalue weighted by molar-refractivity contribution is 7.99. The number of alkyl halides is 3. The van der Waals surface area contributed by atoms with Crippen molar-refractivity contribution in [1.82, 2.24) is 5.32 Å². The largest absolute Gasteiger partial charge is 0.445 e. The topological polar surface area (TPSA) is 86.3 Å². The van der Waals surface area contributed by atoms with Gasteiger partial charge < -0.3 is 29.4 Å². The minimum atomic E-state index is -1.73. The van der Waals surface area contributed by atoms with Gasteiger partial charge in [-0.05, 0) is 5.75 Å². The van der Waals surface area contributed by atoms with Crippen LogP contribution in [0.4, 0.5) is 4.79 Å². The number of hydrogen-bond acceptors (Lipinski definition) is 7. The van der Waals surface area contributed by atoms with Crippen LogP contribution in [0.25, 0.3) is 0 Å². The molecule has 2 heterocycles. The molecule has 1 aromatic carbocycles. The Kier molecular flexibility index (Phi) is 8.20. The van der Waals surface area contributed by atoms with E-state index in [0.29, 0.717) is 5.75 Å². The van der Waals surface area contributed by atoms with E-state index >= 15 is 0 Å². The average Bonchev–Trinajstić information content (AvgIpc) is 2.69. The zero-order valence-electron chi connectivity index (χ0n) is 15.5. The number of ether oxygens (including phenoxy) is 4. The van der Waals surface area contributed by atoms with E-state index in [1.807, 2.05) is 37.3 Å². The highest BCUT2D eigenvalue weighted by Crippen LogP contribution is 2.36. The number of fused-ring (bicyclic) bond motifs is 1. The number of halogens is 3. The SMILES string of the molecule is CCS[C@@H]1O[C@@H]2COC(c3ccccc3)O[C@H]2[C@H](O)[C@H]1NC(=O)OCC(Cl)(Cl)Cl. The van der Waals surface area contributed by atoms with Gasteiger partial charge >= 0.3 is 6.09 Å². The lowest BCUT2D eigenvalue weighted by Crippen LogP contribution is -2.65. The van der Waals surface area contributed by atoms with Crippen molar-refractivity contribution in [3.63, 3.8) is 0 Å². The molecule has 6 atom stereocenters. The zero-order valence-corrected chi connectivity index (χ0v) is 18.6. The van der Waals surface area contributed by atoms with E-state index in [0.717, 1.165) is 5.56 Å². The van der Waals surface area contributed by atoms with Crippen LogP contribution >= 0.6 is 46.6 Å². The van der Waals surface area contributed by atoms with Gasteiger partial charge in [0.2, 0.25) is 3.79 Å². The van der Waals surface area contributed by atoms with E-state index < -0.39 is 52.6 Å². The van der Waals surface area contributed by atoms with Crippen LogP contribution in [0.3, 0.4) is 0 Å². The molecule has 1 amide bonds. The fourth-order valence-electron chi connectivity index (χ4n) is 3.16. The minimum absolute atomic E-state index is 0.256. The number of rotatable bonds is 5. The summed E-state index contributed by atoms with van der Waals surface area (Å²) in [4.78, 5) is 12.1. The first-order valence-electron chi connectivity index (χ1n) is 9.05. The molecule has 2 aliphatic rings. The highest BCUT2D eigenvalue weighted by Gasteiger charge is 2.50. The molecule has 0 spiro atoms. The Morgan fingerprint density at radius 2 is 2.03 bits per heavy atom. The number of aliphatic hydroxyl groups excluding tert-OH is 1. The lowest BCUT2D eigenvalue weighted by Gasteiger charge is -2.47. The smallest absolute Gasteiger partial charge is 0.407 e. The van der Waals surface area contributed by atoms with E-state index in [2.05, 4.69) is 5.32 Å². The standard InChI is InChI=1S/C18H22Cl3NO6S/c1-2-29-16-12(22-17(24)26-9-18(19,20)21)13(23)14-11(27-16)8-25-15(28-14)10-6-4-3-5-7-10/h3-7,11-16,23H,2,8-9H2,1H3,(H,22,24)/t11-,12-,13-,14-,15?,16+/m1/s1. The summed E-state index contributed by atoms with van der Waals surface area (Å²) in [5.74, 6) is 0.713. The molecule has 0 saturated carbocycles. The van der Waals surface area contributed by atoms with E-state index in [9.17, 15) is 9.90 Å². The lowest BCUT2D eigenvalue weighted by atomic mass is 9.97. The van der Waals surface area contributed by atoms with Crippen LogP contribution in [-0.2, 0) is 18.9 Å². The highest BCUT2D eigenvalue weighted by atomic mass is 35.6. The second-order valence-electron chi connectivity index (χ2n) is 6.53. The van der Waals surface area contributed by atoms with Crippen LogP contribution in [0.15, 0.2) is 30.3 Å². The molecule has 2 N–H and O–H groups in total. The monoisotopic (exact) mass is 485 g/mol. The Hall–Kier alpha value is -0.450. The summed E-state index contributed by atoms with van der Waals surface area (Å²) in [6.07, 6.45) is -3.67. The summed E-state index contributed by atoms with van der Waals surface area (Å²) in [5.41, 5.74) is 0.312. The molecule has 2 aliphatic heterocycles. The fraction of sp³-hybridized carbons (Fsp3) is 0.611. The van der Waals surface area contributed by atoms with Crippen molar-refractivity contribution in [2.24, 2.45) is 0 Å². The first-order valence-corrected chi connectivity index (χ1v) is 11.2. The molecule has 11 heteroatoms. The van der Waals surface area contributed by atoms with Gasteiger partial charge in [0.25, 0.3) is 0 Å². The van der Waals surface area contributed by atoms with Crippen LogP contribution in [0.2, 0.25) is 0 Å². The van der Waals surface area contributed by atoms with Crippen LogP contribution in [0.1, 0.15) is 18.8 Å². The number of nitrogens with one attached hydrogen (secondary N) is 1. The second kappa shape index (κ2) is 10.2. The maximum absolute atomic E-state index is 12.1. The Morgan fingerprint density at radius 1 is 1.31 bits per heavy atom. The van der Waals surface area contributed by atoms with E-state index in [4.69, 9.17) is 53.8 Å². The van der Waals surface area contributed by atoms with Gasteiger partial charge in [-0.2, -0.15) is 0 Å². The molecule has 1 unspecified atom stereocenters. The molecule has 3 rings (SSSR count). The van der Waals surface area contributed by atoms with Crippen molar-refractivity contribution in [2.45, 2.75) is 46.8 Å². The number of alkyl carbamates (subject to hydrolysis) is 1. The van der Waals surface area contributed by atoms with Crippen LogP contribution in [0.5, 0.6) is 0 Å². The van der Waals surface area contributed by atoms with Gasteiger partial charge in [-0.3, -0.25) is 0 Å². The predicted molar refractivity (Wildman–Crippen MR) is 111 cm³/mol. The van der Waals surface area contributed by atoms with Crippen molar-refractivity contribution in [1.29, 1.82) is 0 Å².